The van der Waals surface area contributed by atoms with E-state index in [0.717, 1.165) is 12.1 Å². The molecule has 0 aliphatic heterocycles. The van der Waals surface area contributed by atoms with Crippen molar-refractivity contribution in [3.8, 4) is 5.75 Å². The van der Waals surface area contributed by atoms with Gasteiger partial charge in [0.05, 0.1) is 15.7 Å². The molecule has 0 aliphatic carbocycles. The van der Waals surface area contributed by atoms with Gasteiger partial charge in [-0.1, -0.05) is 29.3 Å². The van der Waals surface area contributed by atoms with Crippen molar-refractivity contribution in [2.24, 2.45) is 0 Å². The van der Waals surface area contributed by atoms with E-state index in [-0.39, 0.29) is 18.0 Å². The Morgan fingerprint density at radius 3 is 2.42 bits per heavy atom. The first-order valence-electron chi connectivity index (χ1n) is 5.28. The Bertz CT molecular complexity index is 620. The number of anilines is 1. The molecule has 0 saturated carbocycles. The Hall–Kier alpha value is -1.52. The van der Waals surface area contributed by atoms with E-state index in [9.17, 15) is 8.78 Å². The predicted molar refractivity (Wildman–Crippen MR) is 71.6 cm³/mol. The zero-order chi connectivity index (χ0) is 14.0. The van der Waals surface area contributed by atoms with Crippen molar-refractivity contribution in [3.05, 3.63) is 57.6 Å². The summed E-state index contributed by atoms with van der Waals surface area (Å²) in [6.07, 6.45) is 0. The fourth-order valence-electron chi connectivity index (χ4n) is 1.45. The van der Waals surface area contributed by atoms with Crippen molar-refractivity contribution in [2.75, 3.05) is 5.73 Å². The van der Waals surface area contributed by atoms with Crippen LogP contribution in [0.2, 0.25) is 10.0 Å². The van der Waals surface area contributed by atoms with Crippen molar-refractivity contribution >= 4 is 28.9 Å². The van der Waals surface area contributed by atoms with Crippen LogP contribution < -0.4 is 10.5 Å². The first kappa shape index (κ1) is 13.9. The summed E-state index contributed by atoms with van der Waals surface area (Å²) >= 11 is 11.6. The lowest BCUT2D eigenvalue weighted by atomic mass is 10.2. The Morgan fingerprint density at radius 1 is 1.00 bits per heavy atom. The van der Waals surface area contributed by atoms with Crippen LogP contribution in [0.4, 0.5) is 14.5 Å². The molecule has 0 saturated heterocycles. The van der Waals surface area contributed by atoms with Gasteiger partial charge in [0.2, 0.25) is 0 Å². The quantitative estimate of drug-likeness (QED) is 0.851. The van der Waals surface area contributed by atoms with Crippen LogP contribution in [0.5, 0.6) is 5.75 Å². The average Bonchev–Trinajstić information content (AvgIpc) is 2.36. The summed E-state index contributed by atoms with van der Waals surface area (Å²) in [5.74, 6) is -1.66. The fourth-order valence-corrected chi connectivity index (χ4v) is 1.77. The van der Waals surface area contributed by atoms with Crippen LogP contribution in [0.1, 0.15) is 5.56 Å². The molecular weight excluding hydrogens is 295 g/mol. The lowest BCUT2D eigenvalue weighted by molar-refractivity contribution is 0.288. The van der Waals surface area contributed by atoms with Crippen molar-refractivity contribution in [1.29, 1.82) is 0 Å². The number of nitrogen functional groups attached to an aromatic ring is 1. The summed E-state index contributed by atoms with van der Waals surface area (Å²) in [6, 6.07) is 6.65. The zero-order valence-corrected chi connectivity index (χ0v) is 11.1. The van der Waals surface area contributed by atoms with Crippen molar-refractivity contribution in [1.82, 2.24) is 0 Å². The van der Waals surface area contributed by atoms with Crippen LogP contribution in [0.3, 0.4) is 0 Å². The minimum atomic E-state index is -0.731. The standard InChI is InChI=1S/C13H9Cl2F2NO/c14-8-2-1-7(3-9(8)15)6-19-13-5-10(16)12(18)4-11(13)17/h1-5H,6,18H2. The number of hydrogen-bond donors (Lipinski definition) is 1. The van der Waals surface area contributed by atoms with Crippen LogP contribution in [0.15, 0.2) is 30.3 Å². The Labute approximate surface area is 118 Å². The number of rotatable bonds is 3. The molecule has 2 rings (SSSR count). The molecule has 2 aromatic carbocycles. The molecule has 19 heavy (non-hydrogen) atoms. The second-order valence-electron chi connectivity index (χ2n) is 3.84. The number of benzene rings is 2. The summed E-state index contributed by atoms with van der Waals surface area (Å²) in [7, 11) is 0. The molecule has 0 fully saturated rings. The summed E-state index contributed by atoms with van der Waals surface area (Å²) in [5, 5.41) is 0.779. The molecule has 0 unspecified atom stereocenters. The SMILES string of the molecule is Nc1cc(F)c(OCc2ccc(Cl)c(Cl)c2)cc1F. The number of nitrogens with two attached hydrogens (primary N) is 1. The zero-order valence-electron chi connectivity index (χ0n) is 9.59. The van der Waals surface area contributed by atoms with E-state index in [4.69, 9.17) is 33.7 Å². The second-order valence-corrected chi connectivity index (χ2v) is 4.66. The van der Waals surface area contributed by atoms with Crippen molar-refractivity contribution < 1.29 is 13.5 Å². The minimum absolute atomic E-state index is 0.0389. The number of halogens is 4. The molecule has 2 nitrogen and oxygen atoms in total. The van der Waals surface area contributed by atoms with Gasteiger partial charge in [-0.25, -0.2) is 8.78 Å². The van der Waals surface area contributed by atoms with Crippen molar-refractivity contribution in [2.45, 2.75) is 6.61 Å². The molecule has 2 N–H and O–H groups in total. The van der Waals surface area contributed by atoms with Gasteiger partial charge in [0, 0.05) is 12.1 Å². The summed E-state index contributed by atoms with van der Waals surface area (Å²) in [6.45, 7) is 0.0389. The maximum Gasteiger partial charge on any atom is 0.167 e. The van der Waals surface area contributed by atoms with Gasteiger partial charge in [-0.2, -0.15) is 0 Å². The largest absolute Gasteiger partial charge is 0.486 e. The Kier molecular flexibility index (Phi) is 4.12. The molecule has 0 heterocycles. The highest BCUT2D eigenvalue weighted by Gasteiger charge is 2.09. The normalized spacial score (nSPS) is 10.5. The molecule has 0 aromatic heterocycles. The van der Waals surface area contributed by atoms with Gasteiger partial charge in [-0.3, -0.25) is 0 Å². The third kappa shape index (κ3) is 3.28. The maximum atomic E-state index is 13.5. The van der Waals surface area contributed by atoms with Crippen LogP contribution in [0, 0.1) is 11.6 Å². The van der Waals surface area contributed by atoms with Crippen LogP contribution in [-0.2, 0) is 6.61 Å². The van der Waals surface area contributed by atoms with Gasteiger partial charge < -0.3 is 10.5 Å². The van der Waals surface area contributed by atoms with E-state index in [0.29, 0.717) is 15.6 Å². The van der Waals surface area contributed by atoms with Gasteiger partial charge in [-0.05, 0) is 17.7 Å². The van der Waals surface area contributed by atoms with Gasteiger partial charge >= 0.3 is 0 Å². The highest BCUT2D eigenvalue weighted by molar-refractivity contribution is 6.42. The molecule has 2 aromatic rings. The van der Waals surface area contributed by atoms with E-state index < -0.39 is 11.6 Å². The maximum absolute atomic E-state index is 13.5. The molecule has 0 bridgehead atoms. The number of ether oxygens (including phenoxy) is 1. The molecular formula is C13H9Cl2F2NO. The fraction of sp³-hybridized carbons (Fsp3) is 0.0769. The molecule has 0 amide bonds. The van der Waals surface area contributed by atoms with E-state index in [1.165, 1.54) is 0 Å². The molecule has 0 spiro atoms. The monoisotopic (exact) mass is 303 g/mol. The van der Waals surface area contributed by atoms with Crippen LogP contribution in [0.25, 0.3) is 0 Å². The Balaban J connectivity index is 2.14. The summed E-state index contributed by atoms with van der Waals surface area (Å²) in [5.41, 5.74) is 5.65. The van der Waals surface area contributed by atoms with Gasteiger partial charge in [0.15, 0.2) is 11.6 Å². The van der Waals surface area contributed by atoms with Gasteiger partial charge in [0.1, 0.15) is 12.4 Å². The Morgan fingerprint density at radius 2 is 1.74 bits per heavy atom. The first-order valence-corrected chi connectivity index (χ1v) is 6.04. The lowest BCUT2D eigenvalue weighted by Crippen LogP contribution is -2.00. The summed E-state index contributed by atoms with van der Waals surface area (Å²) in [4.78, 5) is 0. The predicted octanol–water partition coefficient (Wildman–Crippen LogP) is 4.43. The van der Waals surface area contributed by atoms with Crippen LogP contribution in [-0.4, -0.2) is 0 Å². The average molecular weight is 304 g/mol. The molecule has 0 atom stereocenters. The highest BCUT2D eigenvalue weighted by Crippen LogP contribution is 2.26. The smallest absolute Gasteiger partial charge is 0.167 e. The van der Waals surface area contributed by atoms with E-state index in [2.05, 4.69) is 0 Å². The topological polar surface area (TPSA) is 35.2 Å². The van der Waals surface area contributed by atoms with E-state index in [1.807, 2.05) is 0 Å². The minimum Gasteiger partial charge on any atom is -0.486 e. The third-order valence-corrected chi connectivity index (χ3v) is 3.17. The van der Waals surface area contributed by atoms with E-state index in [1.54, 1.807) is 18.2 Å². The third-order valence-electron chi connectivity index (χ3n) is 2.43. The highest BCUT2D eigenvalue weighted by atomic mass is 35.5. The van der Waals surface area contributed by atoms with Crippen molar-refractivity contribution in [3.63, 3.8) is 0 Å². The van der Waals surface area contributed by atoms with Gasteiger partial charge in [0.25, 0.3) is 0 Å². The van der Waals surface area contributed by atoms with Crippen LogP contribution >= 0.6 is 23.2 Å². The lowest BCUT2D eigenvalue weighted by Gasteiger charge is -2.09. The second kappa shape index (κ2) is 5.63. The summed E-state index contributed by atoms with van der Waals surface area (Å²) < 4.78 is 31.8. The molecule has 0 radical (unpaired) electrons. The molecule has 0 aliphatic rings. The molecule has 100 valence electrons. The first-order chi connectivity index (χ1) is 8.97. The molecule has 6 heteroatoms. The van der Waals surface area contributed by atoms with E-state index >= 15 is 0 Å². The van der Waals surface area contributed by atoms with Gasteiger partial charge in [-0.15, -0.1) is 0 Å². The number of hydrogen-bond acceptors (Lipinski definition) is 2.